The maximum atomic E-state index is 13.6. The average Bonchev–Trinajstić information content (AvgIpc) is 3.06. The fourth-order valence-corrected chi connectivity index (χ4v) is 2.93. The number of hydrogen-bond acceptors (Lipinski definition) is 5. The Bertz CT molecular complexity index is 941. The van der Waals surface area contributed by atoms with Crippen LogP contribution in [0.15, 0.2) is 36.4 Å². The minimum atomic E-state index is -5.06. The summed E-state index contributed by atoms with van der Waals surface area (Å²) in [6, 6.07) is 7.77. The Morgan fingerprint density at radius 2 is 1.77 bits per heavy atom. The molecule has 2 aromatic carbocycles. The second-order valence-corrected chi connectivity index (χ2v) is 6.67. The quantitative estimate of drug-likeness (QED) is 0.704. The number of fused-ring (bicyclic) bond motifs is 1. The summed E-state index contributed by atoms with van der Waals surface area (Å²) < 4.78 is 61.0. The summed E-state index contributed by atoms with van der Waals surface area (Å²) in [6.45, 7) is 0.0496. The summed E-state index contributed by atoms with van der Waals surface area (Å²) >= 11 is 5.77. The Balaban J connectivity index is 1.63. The van der Waals surface area contributed by atoms with Crippen LogP contribution in [0.4, 0.5) is 18.0 Å². The van der Waals surface area contributed by atoms with Gasteiger partial charge in [-0.15, -0.1) is 0 Å². The van der Waals surface area contributed by atoms with Gasteiger partial charge in [-0.1, -0.05) is 17.7 Å². The molecule has 0 fully saturated rings. The van der Waals surface area contributed by atoms with Crippen molar-refractivity contribution in [3.05, 3.63) is 47.0 Å². The monoisotopic (exact) mass is 446 g/mol. The van der Waals surface area contributed by atoms with Crippen LogP contribution in [0.25, 0.3) is 0 Å². The van der Waals surface area contributed by atoms with Gasteiger partial charge in [0.05, 0.1) is 14.2 Å². The van der Waals surface area contributed by atoms with Crippen LogP contribution in [0, 0.1) is 0 Å². The number of methoxy groups -OCH3 is 2. The van der Waals surface area contributed by atoms with E-state index in [2.05, 4.69) is 5.32 Å². The average molecular weight is 447 g/mol. The first kappa shape index (κ1) is 21.7. The van der Waals surface area contributed by atoms with Gasteiger partial charge >= 0.3 is 18.1 Å². The minimum absolute atomic E-state index is 0.0496. The van der Waals surface area contributed by atoms with Gasteiger partial charge in [-0.3, -0.25) is 5.32 Å². The molecule has 2 amide bonds. The molecule has 0 saturated heterocycles. The number of ether oxygens (including phenoxy) is 4. The number of alkyl halides is 3. The van der Waals surface area contributed by atoms with Crippen molar-refractivity contribution in [3.8, 4) is 23.0 Å². The molecule has 0 aliphatic carbocycles. The van der Waals surface area contributed by atoms with Crippen molar-refractivity contribution >= 4 is 17.6 Å². The highest BCUT2D eigenvalue weighted by Gasteiger charge is 2.65. The zero-order valence-corrected chi connectivity index (χ0v) is 16.7. The molecule has 11 heteroatoms. The second kappa shape index (κ2) is 8.39. The minimum Gasteiger partial charge on any atom is -0.493 e. The standard InChI is InChI=1S/C19H18ClF3N2O5/c1-27-13-5-3-11(9-15(13)28-2)7-8-24-17(26)25-19(18(21,22)23)29-14-6-4-12(20)10-16(14)30-19/h3-6,9-10H,7-8H2,1-2H3,(H2,24,25,26)/t19-/m1/s1. The highest BCUT2D eigenvalue weighted by atomic mass is 35.5. The molecular weight excluding hydrogens is 429 g/mol. The van der Waals surface area contributed by atoms with Crippen LogP contribution in [0.3, 0.4) is 0 Å². The summed E-state index contributed by atoms with van der Waals surface area (Å²) in [5.74, 6) is -2.74. The lowest BCUT2D eigenvalue weighted by Crippen LogP contribution is -2.66. The molecular formula is C19H18ClF3N2O5. The Hall–Kier alpha value is -3.01. The van der Waals surface area contributed by atoms with Crippen molar-refractivity contribution in [2.24, 2.45) is 0 Å². The van der Waals surface area contributed by atoms with Gasteiger partial charge in [0.25, 0.3) is 0 Å². The Labute approximate surface area is 175 Å². The van der Waals surface area contributed by atoms with Crippen LogP contribution in [0.2, 0.25) is 5.02 Å². The molecule has 0 aromatic heterocycles. The third-order valence-corrected chi connectivity index (χ3v) is 4.45. The lowest BCUT2D eigenvalue weighted by molar-refractivity contribution is -0.317. The molecule has 1 aliphatic rings. The molecule has 30 heavy (non-hydrogen) atoms. The van der Waals surface area contributed by atoms with E-state index in [4.69, 9.17) is 30.5 Å². The predicted octanol–water partition coefficient (Wildman–Crippen LogP) is 3.89. The highest BCUT2D eigenvalue weighted by molar-refractivity contribution is 6.30. The van der Waals surface area contributed by atoms with E-state index >= 15 is 0 Å². The number of carbonyl (C=O) groups excluding carboxylic acids is 1. The van der Waals surface area contributed by atoms with Gasteiger partial charge in [0.2, 0.25) is 0 Å². The van der Waals surface area contributed by atoms with Gasteiger partial charge in [-0.05, 0) is 36.2 Å². The maximum Gasteiger partial charge on any atom is 0.492 e. The van der Waals surface area contributed by atoms with E-state index in [9.17, 15) is 18.0 Å². The zero-order valence-electron chi connectivity index (χ0n) is 15.9. The second-order valence-electron chi connectivity index (χ2n) is 6.23. The first-order valence-corrected chi connectivity index (χ1v) is 9.06. The third-order valence-electron chi connectivity index (χ3n) is 4.21. The first-order chi connectivity index (χ1) is 14.2. The van der Waals surface area contributed by atoms with Crippen molar-refractivity contribution in [3.63, 3.8) is 0 Å². The van der Waals surface area contributed by atoms with Crippen molar-refractivity contribution in [2.75, 3.05) is 20.8 Å². The Kier molecular flexibility index (Phi) is 6.06. The van der Waals surface area contributed by atoms with Crippen molar-refractivity contribution in [2.45, 2.75) is 18.5 Å². The van der Waals surface area contributed by atoms with E-state index in [1.165, 1.54) is 32.4 Å². The summed E-state index contributed by atoms with van der Waals surface area (Å²) in [5, 5.41) is 4.23. The predicted molar refractivity (Wildman–Crippen MR) is 101 cm³/mol. The third kappa shape index (κ3) is 4.43. The molecule has 3 rings (SSSR count). The smallest absolute Gasteiger partial charge is 0.492 e. The van der Waals surface area contributed by atoms with E-state index in [-0.39, 0.29) is 23.1 Å². The van der Waals surface area contributed by atoms with Crippen LogP contribution in [0.5, 0.6) is 23.0 Å². The lowest BCUT2D eigenvalue weighted by atomic mass is 10.1. The zero-order chi connectivity index (χ0) is 21.9. The van der Waals surface area contributed by atoms with Gasteiger partial charge in [0.15, 0.2) is 23.0 Å². The van der Waals surface area contributed by atoms with Gasteiger partial charge < -0.3 is 24.3 Å². The van der Waals surface area contributed by atoms with E-state index in [0.717, 1.165) is 5.56 Å². The van der Waals surface area contributed by atoms with Crippen molar-refractivity contribution < 1.29 is 36.9 Å². The number of urea groups is 1. The van der Waals surface area contributed by atoms with Crippen LogP contribution in [-0.4, -0.2) is 38.9 Å². The number of halogens is 4. The van der Waals surface area contributed by atoms with E-state index < -0.39 is 18.1 Å². The molecule has 2 N–H and O–H groups in total. The summed E-state index contributed by atoms with van der Waals surface area (Å²) in [4.78, 5) is 12.1. The Morgan fingerprint density at radius 3 is 2.43 bits per heavy atom. The highest BCUT2D eigenvalue weighted by Crippen LogP contribution is 2.46. The topological polar surface area (TPSA) is 78.1 Å². The van der Waals surface area contributed by atoms with Crippen LogP contribution >= 0.6 is 11.6 Å². The SMILES string of the molecule is COc1ccc(CCNC(=O)N[C@]2(C(F)(F)F)Oc3ccc(Cl)cc3O2)cc1OC. The van der Waals surface area contributed by atoms with Crippen molar-refractivity contribution in [1.82, 2.24) is 10.6 Å². The summed E-state index contributed by atoms with van der Waals surface area (Å²) in [5.41, 5.74) is 0.786. The van der Waals surface area contributed by atoms with Gasteiger partial charge in [-0.25, -0.2) is 4.79 Å². The Morgan fingerprint density at radius 1 is 1.07 bits per heavy atom. The molecule has 0 saturated carbocycles. The molecule has 2 aromatic rings. The number of rotatable bonds is 6. The van der Waals surface area contributed by atoms with E-state index in [1.807, 2.05) is 0 Å². The van der Waals surface area contributed by atoms with Gasteiger partial charge in [-0.2, -0.15) is 13.2 Å². The molecule has 7 nitrogen and oxygen atoms in total. The number of hydrogen-bond donors (Lipinski definition) is 2. The normalized spacial score (nSPS) is 17.4. The molecule has 1 aliphatic heterocycles. The van der Waals surface area contributed by atoms with Gasteiger partial charge in [0, 0.05) is 17.6 Å². The van der Waals surface area contributed by atoms with E-state index in [1.54, 1.807) is 23.5 Å². The largest absolute Gasteiger partial charge is 0.493 e. The molecule has 0 unspecified atom stereocenters. The van der Waals surface area contributed by atoms with Crippen LogP contribution in [0.1, 0.15) is 5.56 Å². The maximum absolute atomic E-state index is 13.6. The summed E-state index contributed by atoms with van der Waals surface area (Å²) in [7, 11) is 2.98. The number of amides is 2. The fraction of sp³-hybridized carbons (Fsp3) is 0.316. The molecule has 1 atom stereocenters. The lowest BCUT2D eigenvalue weighted by Gasteiger charge is -2.29. The number of nitrogens with one attached hydrogen (secondary N) is 2. The molecule has 0 spiro atoms. The summed E-state index contributed by atoms with van der Waals surface area (Å²) in [6.07, 6.45) is -4.72. The first-order valence-electron chi connectivity index (χ1n) is 8.68. The number of benzene rings is 2. The van der Waals surface area contributed by atoms with E-state index in [0.29, 0.717) is 17.9 Å². The molecule has 0 bridgehead atoms. The fourth-order valence-electron chi connectivity index (χ4n) is 2.76. The van der Waals surface area contributed by atoms with Gasteiger partial charge in [0.1, 0.15) is 0 Å². The van der Waals surface area contributed by atoms with Crippen molar-refractivity contribution in [1.29, 1.82) is 0 Å². The van der Waals surface area contributed by atoms with Crippen LogP contribution in [-0.2, 0) is 6.42 Å². The number of carbonyl (C=O) groups is 1. The molecule has 162 valence electrons. The molecule has 0 radical (unpaired) electrons. The molecule has 1 heterocycles. The van der Waals surface area contributed by atoms with Crippen LogP contribution < -0.4 is 29.6 Å².